The number of aliphatic hydroxyl groups is 3. The van der Waals surface area contributed by atoms with Crippen molar-refractivity contribution in [2.24, 2.45) is 11.7 Å². The molecule has 3 radical (unpaired) electrons. The van der Waals surface area contributed by atoms with Gasteiger partial charge in [-0.15, -0.1) is 0 Å². The molecule has 0 saturated carbocycles. The van der Waals surface area contributed by atoms with E-state index in [0.717, 1.165) is 9.79 Å². The number of anilines is 1. The number of imide groups is 1. The molecule has 2 aliphatic carbocycles. The zero-order valence-electron chi connectivity index (χ0n) is 52.4. The number of hydrogen-bond acceptors (Lipinski definition) is 21. The number of ketones is 3. The molecule has 2 heterocycles. The number of carbonyl (C=O) groups is 10. The Morgan fingerprint density at radius 1 is 0.792 bits per heavy atom. The van der Waals surface area contributed by atoms with E-state index in [-0.39, 0.29) is 90.9 Å². The molecule has 2 aliphatic heterocycles. The molecule has 4 aliphatic rings. The molecule has 96 heavy (non-hydrogen) atoms. The number of ether oxygens (including phenoxy) is 4. The average Bonchev–Trinajstić information content (AvgIpc) is 0.841. The summed E-state index contributed by atoms with van der Waals surface area (Å²) < 4.78 is 22.9. The summed E-state index contributed by atoms with van der Waals surface area (Å²) in [5, 5.41) is 69.7. The normalized spacial score (nSPS) is 20.3. The van der Waals surface area contributed by atoms with Crippen molar-refractivity contribution < 1.29 is 92.4 Å². The fourth-order valence-corrected chi connectivity index (χ4v) is 14.1. The van der Waals surface area contributed by atoms with Crippen LogP contribution < -0.4 is 37.1 Å². The predicted octanol–water partition coefficient (Wildman–Crippen LogP) is 4.81. The highest BCUT2D eigenvalue weighted by Crippen LogP contribution is 2.53. The Balaban J connectivity index is 0.773. The molecule has 0 bridgehead atoms. The Labute approximate surface area is 563 Å². The van der Waals surface area contributed by atoms with Crippen LogP contribution in [-0.2, 0) is 56.0 Å². The van der Waals surface area contributed by atoms with Gasteiger partial charge in [0.25, 0.3) is 11.8 Å². The Morgan fingerprint density at radius 3 is 2.05 bits per heavy atom. The zero-order chi connectivity index (χ0) is 69.1. The van der Waals surface area contributed by atoms with Gasteiger partial charge in [-0.05, 0) is 79.6 Å². The second-order valence-electron chi connectivity index (χ2n) is 23.6. The van der Waals surface area contributed by atoms with Crippen LogP contribution in [0.15, 0.2) is 123 Å². The summed E-state index contributed by atoms with van der Waals surface area (Å²) >= 11 is 2.48. The monoisotopic (exact) mass is 1370 g/mol. The molecule has 5 aromatic carbocycles. The first-order valence-electron chi connectivity index (χ1n) is 30.9. The first kappa shape index (κ1) is 71.4. The van der Waals surface area contributed by atoms with E-state index in [9.17, 15) is 73.5 Å². The van der Waals surface area contributed by atoms with Crippen molar-refractivity contribution >= 4 is 98.5 Å². The van der Waals surface area contributed by atoms with E-state index in [4.69, 9.17) is 24.7 Å². The molecule has 0 aromatic heterocycles. The van der Waals surface area contributed by atoms with Crippen molar-refractivity contribution in [3.63, 3.8) is 0 Å². The SMILES string of the molecule is COc1cccc2c1C(=O)c1c(O)c3c(c(O)c1C2=O)C[C@@](O)(C(=O)CO)C[C@@H]3O[C@H]1C[C@H](NC(=O)OCc2ccc(NC(=O)[C@H](CCCNC(N)=O)NC(=O)[C@@H](NC(=O)CCCCCN3C(=O)C(Sc4ccccc4)=C(Sc4ccccc4)C3=O)C(C)C)cc2)[C@H](O)[C@H]([Si])O1. The number of phenols is 2. The van der Waals surface area contributed by atoms with Crippen molar-refractivity contribution in [2.75, 3.05) is 32.1 Å². The lowest BCUT2D eigenvalue weighted by molar-refractivity contribution is -0.235. The third-order valence-corrected chi connectivity index (χ3v) is 19.4. The molecule has 5 aromatic rings. The maximum atomic E-state index is 14.1. The van der Waals surface area contributed by atoms with Gasteiger partial charge in [0.05, 0.1) is 67.8 Å². The number of aromatic hydroxyl groups is 2. The number of Topliss-reactive ketones (excluding diaryl/α,β-unsaturated/α-hetero) is 1. The number of unbranched alkanes of at least 4 members (excludes halogenated alkanes) is 2. The van der Waals surface area contributed by atoms with Gasteiger partial charge < -0.3 is 76.8 Å². The fourth-order valence-electron chi connectivity index (χ4n) is 11.6. The van der Waals surface area contributed by atoms with E-state index in [1.54, 1.807) is 26.0 Å². The van der Waals surface area contributed by atoms with Crippen LogP contribution in [0.5, 0.6) is 17.2 Å². The third-order valence-electron chi connectivity index (χ3n) is 16.6. The highest BCUT2D eigenvalue weighted by atomic mass is 32.2. The van der Waals surface area contributed by atoms with Gasteiger partial charge in [-0.1, -0.05) is 104 Å². The Bertz CT molecular complexity index is 3780. The van der Waals surface area contributed by atoms with Crippen molar-refractivity contribution in [3.05, 3.63) is 152 Å². The van der Waals surface area contributed by atoms with Gasteiger partial charge in [0.15, 0.2) is 17.9 Å². The minimum absolute atomic E-state index is 0.0118. The highest BCUT2D eigenvalue weighted by Gasteiger charge is 2.51. The van der Waals surface area contributed by atoms with Crippen molar-refractivity contribution in [1.82, 2.24) is 26.2 Å². The van der Waals surface area contributed by atoms with Crippen molar-refractivity contribution in [2.45, 2.75) is 136 Å². The second-order valence-corrected chi connectivity index (χ2v) is 26.3. The summed E-state index contributed by atoms with van der Waals surface area (Å²) in [6.45, 7) is 2.20. The molecule has 9 rings (SSSR count). The number of phenolic OH excluding ortho intramolecular Hbond substituents is 2. The van der Waals surface area contributed by atoms with E-state index in [1.165, 1.54) is 65.9 Å². The van der Waals surface area contributed by atoms with E-state index < -0.39 is 143 Å². The summed E-state index contributed by atoms with van der Waals surface area (Å²) in [5.41, 5.74) is 0.191. The minimum atomic E-state index is -2.44. The largest absolute Gasteiger partial charge is 0.507 e. The lowest BCUT2D eigenvalue weighted by atomic mass is 9.72. The number of primary amides is 1. The number of carbonyl (C=O) groups excluding carboxylic acids is 10. The van der Waals surface area contributed by atoms with Gasteiger partial charge in [-0.25, -0.2) is 9.59 Å². The molecule has 8 amide bonds. The van der Waals surface area contributed by atoms with E-state index in [1.807, 2.05) is 60.7 Å². The molecule has 8 atom stereocenters. The molecular weight excluding hydrogens is 1300 g/mol. The lowest BCUT2D eigenvalue weighted by Crippen LogP contribution is -2.57. The molecule has 12 N–H and O–H groups in total. The van der Waals surface area contributed by atoms with E-state index >= 15 is 0 Å². The molecule has 26 nitrogen and oxygen atoms in total. The van der Waals surface area contributed by atoms with Crippen LogP contribution in [0, 0.1) is 5.92 Å². The number of hydrogen-bond donors (Lipinski definition) is 11. The number of nitrogens with one attached hydrogen (secondary N) is 5. The molecule has 505 valence electrons. The fraction of sp³-hybridized carbons (Fsp3) is 0.373. The summed E-state index contributed by atoms with van der Waals surface area (Å²) in [7, 11) is 4.57. The third kappa shape index (κ3) is 16.5. The predicted molar refractivity (Wildman–Crippen MR) is 348 cm³/mol. The number of aliphatic hydroxyl groups excluding tert-OH is 2. The van der Waals surface area contributed by atoms with Gasteiger partial charge >= 0.3 is 12.1 Å². The summed E-state index contributed by atoms with van der Waals surface area (Å²) in [6.07, 6.45) is -5.61. The number of thioether (sulfide) groups is 2. The standard InChI is InChI=1S/C67H72N7O19S2Si/c1-34(2)52(73-46(77)22-11-6-12-28-74-62(85)58(94-37-15-7-4-8-16-37)59(63(74)86)95-38-17-9-5-10-18-38)61(84)71-41(20-14-27-69-65(68)87)60(83)70-36-25-23-35(24-26-36)33-91-66(88)72-42-29-47(93-64(96)55(42)80)92-44-31-67(89,45(76)32-75)30-40-49(44)57(82)51-50(54(40)79)53(78)39-19-13-21-43(90-3)48(39)56(51)81/h4-5,7-10,13,15-19,21,23-26,34,41-42,44,47,52,55,64,75,79-80,82,89H,6,11-12,14,20,22,27-33H2,1-3H3,(H,70,83)(H,71,84)(H,72,88)(H,73,77)(H3,68,69,87)/t41-,42-,44-,47+,52-,55-,64-,67-/m0/s1. The van der Waals surface area contributed by atoms with Crippen molar-refractivity contribution in [1.29, 1.82) is 0 Å². The molecule has 29 heteroatoms. The first-order chi connectivity index (χ1) is 45.9. The first-order valence-corrected chi connectivity index (χ1v) is 33.1. The highest BCUT2D eigenvalue weighted by molar-refractivity contribution is 8.08. The number of nitrogens with zero attached hydrogens (tertiary/aromatic N) is 1. The quantitative estimate of drug-likeness (QED) is 0.0136. The van der Waals surface area contributed by atoms with Gasteiger partial charge in [0.2, 0.25) is 23.5 Å². The lowest BCUT2D eigenvalue weighted by Gasteiger charge is -2.42. The number of alkyl carbamates (subject to hydrolysis) is 1. The van der Waals surface area contributed by atoms with Crippen LogP contribution in [0.3, 0.4) is 0 Å². The number of amides is 8. The van der Waals surface area contributed by atoms with Gasteiger partial charge in [0, 0.05) is 70.9 Å². The smallest absolute Gasteiger partial charge is 0.407 e. The van der Waals surface area contributed by atoms with Crippen LogP contribution in [0.25, 0.3) is 0 Å². The Hall–Kier alpha value is -8.94. The summed E-state index contributed by atoms with van der Waals surface area (Å²) in [4.78, 5) is 138. The number of fused-ring (bicyclic) bond motifs is 3. The molecule has 1 fully saturated rings. The number of rotatable bonds is 28. The number of nitrogens with two attached hydrogens (primary N) is 1. The molecule has 0 unspecified atom stereocenters. The summed E-state index contributed by atoms with van der Waals surface area (Å²) in [6, 6.07) is 24.7. The molecular formula is C67H72N7O19S2Si. The van der Waals surface area contributed by atoms with Gasteiger partial charge in [-0.3, -0.25) is 43.3 Å². The van der Waals surface area contributed by atoms with Crippen LogP contribution in [0.1, 0.15) is 120 Å². The average molecular weight is 1370 g/mol. The maximum absolute atomic E-state index is 14.1. The number of methoxy groups -OCH3 is 1. The topological polar surface area (TPSA) is 398 Å². The van der Waals surface area contributed by atoms with Crippen LogP contribution in [0.4, 0.5) is 15.3 Å². The van der Waals surface area contributed by atoms with E-state index in [0.29, 0.717) is 34.6 Å². The van der Waals surface area contributed by atoms with Gasteiger partial charge in [0.1, 0.15) is 48.1 Å². The van der Waals surface area contributed by atoms with Crippen molar-refractivity contribution in [3.8, 4) is 17.2 Å². The van der Waals surface area contributed by atoms with Crippen LogP contribution in [-0.4, -0.2) is 168 Å². The Kier molecular flexibility index (Phi) is 23.6. The van der Waals surface area contributed by atoms with Gasteiger partial charge in [-0.2, -0.15) is 0 Å². The Morgan fingerprint density at radius 2 is 1.44 bits per heavy atom. The van der Waals surface area contributed by atoms with E-state index in [2.05, 4.69) is 36.8 Å². The zero-order valence-corrected chi connectivity index (χ0v) is 55.1. The number of urea groups is 1. The summed E-state index contributed by atoms with van der Waals surface area (Å²) in [5.74, 6) is -7.36. The number of benzene rings is 5. The second kappa shape index (κ2) is 31.7. The molecule has 0 spiro atoms. The molecule has 1 saturated heterocycles. The van der Waals surface area contributed by atoms with Crippen LogP contribution in [0.2, 0.25) is 0 Å². The van der Waals surface area contributed by atoms with Crippen LogP contribution >= 0.6 is 23.5 Å². The minimum Gasteiger partial charge on any atom is -0.507 e. The maximum Gasteiger partial charge on any atom is 0.407 e.